The van der Waals surface area contributed by atoms with Gasteiger partial charge >= 0.3 is 5.97 Å². The number of sulfone groups is 1. The first-order chi connectivity index (χ1) is 9.87. The van der Waals surface area contributed by atoms with Crippen LogP contribution in [0.1, 0.15) is 48.5 Å². The van der Waals surface area contributed by atoms with Gasteiger partial charge < -0.3 is 5.11 Å². The van der Waals surface area contributed by atoms with Crippen molar-refractivity contribution in [2.24, 2.45) is 0 Å². The molecule has 114 valence electrons. The molecule has 6 heteroatoms. The van der Waals surface area contributed by atoms with Gasteiger partial charge in [-0.2, -0.15) is 0 Å². The number of benzene rings is 1. The first-order valence-electron chi connectivity index (χ1n) is 7.00. The van der Waals surface area contributed by atoms with Gasteiger partial charge in [-0.25, -0.2) is 8.42 Å². The second-order valence-electron chi connectivity index (χ2n) is 5.26. The molecule has 0 bridgehead atoms. The Morgan fingerprint density at radius 1 is 1.33 bits per heavy atom. The molecule has 2 rings (SSSR count). The Hall–Kier alpha value is -1.69. The summed E-state index contributed by atoms with van der Waals surface area (Å²) in [6.07, 6.45) is 2.38. The number of carbonyl (C=O) groups excluding carboxylic acids is 1. The number of rotatable bonds is 5. The highest BCUT2D eigenvalue weighted by Gasteiger charge is 2.34. The van der Waals surface area contributed by atoms with E-state index in [0.717, 1.165) is 0 Å². The Morgan fingerprint density at radius 3 is 2.67 bits per heavy atom. The zero-order valence-electron chi connectivity index (χ0n) is 11.8. The van der Waals surface area contributed by atoms with E-state index in [-0.39, 0.29) is 17.1 Å². The highest BCUT2D eigenvalue weighted by Crippen LogP contribution is 2.27. The number of aryl methyl sites for hydroxylation is 1. The number of fused-ring (bicyclic) bond motifs is 1. The zero-order valence-corrected chi connectivity index (χ0v) is 12.6. The van der Waals surface area contributed by atoms with E-state index in [1.54, 1.807) is 6.92 Å². The van der Waals surface area contributed by atoms with Crippen LogP contribution in [0.4, 0.5) is 0 Å². The van der Waals surface area contributed by atoms with E-state index < -0.39 is 21.1 Å². The second kappa shape index (κ2) is 5.97. The molecule has 0 saturated carbocycles. The Kier molecular flexibility index (Phi) is 4.46. The Balaban J connectivity index is 2.45. The number of aliphatic carboxylic acids is 1. The Labute approximate surface area is 123 Å². The van der Waals surface area contributed by atoms with Gasteiger partial charge in [-0.15, -0.1) is 0 Å². The van der Waals surface area contributed by atoms with E-state index in [9.17, 15) is 18.0 Å². The van der Waals surface area contributed by atoms with Crippen LogP contribution in [0, 0.1) is 0 Å². The van der Waals surface area contributed by atoms with E-state index in [1.165, 1.54) is 18.2 Å². The molecule has 0 fully saturated rings. The second-order valence-corrected chi connectivity index (χ2v) is 7.39. The van der Waals surface area contributed by atoms with E-state index in [4.69, 9.17) is 5.11 Å². The molecule has 0 aromatic heterocycles. The summed E-state index contributed by atoms with van der Waals surface area (Å²) in [5, 5.41) is 7.72. The van der Waals surface area contributed by atoms with Gasteiger partial charge in [-0.3, -0.25) is 9.59 Å². The fourth-order valence-corrected chi connectivity index (χ4v) is 4.34. The van der Waals surface area contributed by atoms with Crippen LogP contribution in [0.15, 0.2) is 23.1 Å². The lowest BCUT2D eigenvalue weighted by Crippen LogP contribution is -2.30. The van der Waals surface area contributed by atoms with E-state index in [2.05, 4.69) is 0 Å². The van der Waals surface area contributed by atoms with Crippen LogP contribution in [0.3, 0.4) is 0 Å². The molecule has 0 amide bonds. The van der Waals surface area contributed by atoms with Gasteiger partial charge in [0.25, 0.3) is 0 Å². The van der Waals surface area contributed by atoms with Gasteiger partial charge in [-0.1, -0.05) is 13.3 Å². The number of hydrogen-bond donors (Lipinski definition) is 1. The summed E-state index contributed by atoms with van der Waals surface area (Å²) in [7, 11) is -3.92. The van der Waals surface area contributed by atoms with Gasteiger partial charge in [0.15, 0.2) is 20.9 Å². The van der Waals surface area contributed by atoms with Crippen molar-refractivity contribution in [1.82, 2.24) is 0 Å². The van der Waals surface area contributed by atoms with Crippen molar-refractivity contribution in [2.75, 3.05) is 0 Å². The van der Waals surface area contributed by atoms with Gasteiger partial charge in [0.2, 0.25) is 0 Å². The van der Waals surface area contributed by atoms with Crippen molar-refractivity contribution in [3.05, 3.63) is 29.3 Å². The Morgan fingerprint density at radius 2 is 2.05 bits per heavy atom. The SMILES string of the molecule is CCCC(C(=O)O)S(=O)(=O)c1ccc2c(c1)CCCC2=O. The van der Waals surface area contributed by atoms with Crippen LogP contribution in [-0.2, 0) is 21.1 Å². The van der Waals surface area contributed by atoms with Crippen molar-refractivity contribution < 1.29 is 23.1 Å². The van der Waals surface area contributed by atoms with Crippen LogP contribution >= 0.6 is 0 Å². The zero-order chi connectivity index (χ0) is 15.6. The monoisotopic (exact) mass is 310 g/mol. The van der Waals surface area contributed by atoms with E-state index >= 15 is 0 Å². The summed E-state index contributed by atoms with van der Waals surface area (Å²) < 4.78 is 24.9. The largest absolute Gasteiger partial charge is 0.480 e. The summed E-state index contributed by atoms with van der Waals surface area (Å²) in [4.78, 5) is 23.0. The quantitative estimate of drug-likeness (QED) is 0.901. The first-order valence-corrected chi connectivity index (χ1v) is 8.55. The minimum Gasteiger partial charge on any atom is -0.480 e. The smallest absolute Gasteiger partial charge is 0.322 e. The number of carboxylic acids is 1. The van der Waals surface area contributed by atoms with Crippen molar-refractivity contribution in [1.29, 1.82) is 0 Å². The summed E-state index contributed by atoms with van der Waals surface area (Å²) in [6.45, 7) is 1.75. The highest BCUT2D eigenvalue weighted by molar-refractivity contribution is 7.92. The molecule has 5 nitrogen and oxygen atoms in total. The van der Waals surface area contributed by atoms with E-state index in [0.29, 0.717) is 36.8 Å². The van der Waals surface area contributed by atoms with Crippen molar-refractivity contribution in [2.45, 2.75) is 49.2 Å². The molecule has 0 radical (unpaired) electrons. The molecule has 0 heterocycles. The average molecular weight is 310 g/mol. The topological polar surface area (TPSA) is 88.5 Å². The molecule has 1 aromatic rings. The molecular formula is C15H18O5S. The maximum absolute atomic E-state index is 12.5. The fraction of sp³-hybridized carbons (Fsp3) is 0.467. The molecule has 21 heavy (non-hydrogen) atoms. The number of carboxylic acid groups (broad SMARTS) is 1. The summed E-state index contributed by atoms with van der Waals surface area (Å²) >= 11 is 0. The Bertz CT molecular complexity index is 675. The number of carbonyl (C=O) groups is 2. The van der Waals surface area contributed by atoms with Gasteiger partial charge in [0.1, 0.15) is 0 Å². The summed E-state index contributed by atoms with van der Waals surface area (Å²) in [5.74, 6) is -1.31. The van der Waals surface area contributed by atoms with Crippen LogP contribution in [-0.4, -0.2) is 30.5 Å². The standard InChI is InChI=1S/C15H18O5S/c1-2-4-14(15(17)18)21(19,20)11-7-8-12-10(9-11)5-3-6-13(12)16/h7-9,14H,2-6H2,1H3,(H,17,18). The van der Waals surface area contributed by atoms with Crippen LogP contribution in [0.2, 0.25) is 0 Å². The van der Waals surface area contributed by atoms with Crippen molar-refractivity contribution in [3.8, 4) is 0 Å². The molecule has 1 atom stereocenters. The van der Waals surface area contributed by atoms with Gasteiger partial charge in [-0.05, 0) is 43.0 Å². The lowest BCUT2D eigenvalue weighted by atomic mass is 9.91. The van der Waals surface area contributed by atoms with Gasteiger partial charge in [0.05, 0.1) is 4.90 Å². The van der Waals surface area contributed by atoms with Crippen LogP contribution < -0.4 is 0 Å². The number of hydrogen-bond acceptors (Lipinski definition) is 4. The molecule has 0 aliphatic heterocycles. The first kappa shape index (κ1) is 15.7. The maximum Gasteiger partial charge on any atom is 0.322 e. The fourth-order valence-electron chi connectivity index (χ4n) is 2.64. The van der Waals surface area contributed by atoms with Crippen molar-refractivity contribution in [3.63, 3.8) is 0 Å². The number of ketones is 1. The predicted molar refractivity (Wildman–Crippen MR) is 77.2 cm³/mol. The van der Waals surface area contributed by atoms with Crippen molar-refractivity contribution >= 4 is 21.6 Å². The lowest BCUT2D eigenvalue weighted by molar-refractivity contribution is -0.136. The van der Waals surface area contributed by atoms with E-state index in [1.807, 2.05) is 0 Å². The molecule has 1 aromatic carbocycles. The summed E-state index contributed by atoms with van der Waals surface area (Å²) in [6, 6.07) is 4.32. The third-order valence-electron chi connectivity index (χ3n) is 3.76. The minimum atomic E-state index is -3.92. The average Bonchev–Trinajstić information content (AvgIpc) is 2.44. The predicted octanol–water partition coefficient (Wildman–Crippen LogP) is 2.23. The molecule has 0 saturated heterocycles. The third kappa shape index (κ3) is 3.00. The normalized spacial score (nSPS) is 16.3. The highest BCUT2D eigenvalue weighted by atomic mass is 32.2. The van der Waals surface area contributed by atoms with Gasteiger partial charge in [0, 0.05) is 12.0 Å². The summed E-state index contributed by atoms with van der Waals surface area (Å²) in [5.41, 5.74) is 1.26. The van der Waals surface area contributed by atoms with Crippen LogP contribution in [0.5, 0.6) is 0 Å². The van der Waals surface area contributed by atoms with Crippen LogP contribution in [0.25, 0.3) is 0 Å². The molecule has 1 N–H and O–H groups in total. The molecule has 1 aliphatic rings. The number of Topliss-reactive ketones (excluding diaryl/α,β-unsaturated/α-hetero) is 1. The molecule has 1 unspecified atom stereocenters. The molecule has 0 spiro atoms. The lowest BCUT2D eigenvalue weighted by Gasteiger charge is -2.17. The minimum absolute atomic E-state index is 0.00296. The maximum atomic E-state index is 12.5. The molecular weight excluding hydrogens is 292 g/mol. The third-order valence-corrected chi connectivity index (χ3v) is 5.85. The molecule has 1 aliphatic carbocycles.